The Balaban J connectivity index is 1.88. The number of nitrogens with zero attached hydrogens (tertiary/aromatic N) is 2. The molecule has 2 aromatic carbocycles. The van der Waals surface area contributed by atoms with Crippen LogP contribution in [0.2, 0.25) is 5.02 Å². The molecule has 0 radical (unpaired) electrons. The fourth-order valence-electron chi connectivity index (χ4n) is 2.46. The third kappa shape index (κ3) is 4.65. The van der Waals surface area contributed by atoms with Crippen LogP contribution in [0.4, 0.5) is 23.1 Å². The first-order chi connectivity index (χ1) is 12.9. The number of nitrogens with one attached hydrogen (secondary N) is 2. The summed E-state index contributed by atoms with van der Waals surface area (Å²) in [4.78, 5) is 19.9. The summed E-state index contributed by atoms with van der Waals surface area (Å²) in [6.45, 7) is 1.83. The zero-order valence-corrected chi connectivity index (χ0v) is 15.4. The van der Waals surface area contributed by atoms with Gasteiger partial charge < -0.3 is 20.5 Å². The molecule has 0 aliphatic heterocycles. The number of carboxylic acids is 1. The van der Waals surface area contributed by atoms with Crippen molar-refractivity contribution < 1.29 is 14.6 Å². The highest BCUT2D eigenvalue weighted by atomic mass is 35.5. The van der Waals surface area contributed by atoms with Crippen molar-refractivity contribution in [3.63, 3.8) is 0 Å². The zero-order valence-electron chi connectivity index (χ0n) is 14.7. The lowest BCUT2D eigenvalue weighted by molar-refractivity contribution is 0.0697. The van der Waals surface area contributed by atoms with Crippen LogP contribution in [0.25, 0.3) is 0 Å². The molecule has 3 N–H and O–H groups in total. The normalized spacial score (nSPS) is 10.3. The fraction of sp³-hybridized carbons (Fsp3) is 0.105. The molecule has 0 saturated heterocycles. The van der Waals surface area contributed by atoms with E-state index in [1.165, 1.54) is 12.1 Å². The minimum atomic E-state index is -0.993. The average molecular weight is 385 g/mol. The predicted molar refractivity (Wildman–Crippen MR) is 105 cm³/mol. The number of hydrogen-bond donors (Lipinski definition) is 3. The molecule has 0 bridgehead atoms. The smallest absolute Gasteiger partial charge is 0.335 e. The molecule has 1 heterocycles. The highest BCUT2D eigenvalue weighted by Crippen LogP contribution is 2.30. The van der Waals surface area contributed by atoms with Gasteiger partial charge in [0.05, 0.1) is 18.4 Å². The van der Waals surface area contributed by atoms with Crippen molar-refractivity contribution in [2.24, 2.45) is 0 Å². The lowest BCUT2D eigenvalue weighted by Gasteiger charge is -2.13. The molecular weight excluding hydrogens is 368 g/mol. The Morgan fingerprint density at radius 1 is 1.11 bits per heavy atom. The van der Waals surface area contributed by atoms with Gasteiger partial charge in [0, 0.05) is 22.5 Å². The van der Waals surface area contributed by atoms with Crippen LogP contribution in [0.15, 0.2) is 48.5 Å². The van der Waals surface area contributed by atoms with Gasteiger partial charge in [0.1, 0.15) is 11.6 Å². The monoisotopic (exact) mass is 384 g/mol. The molecule has 27 heavy (non-hydrogen) atoms. The second kappa shape index (κ2) is 7.92. The average Bonchev–Trinajstić information content (AvgIpc) is 2.61. The minimum absolute atomic E-state index is 0.188. The first kappa shape index (κ1) is 18.5. The lowest BCUT2D eigenvalue weighted by atomic mass is 10.2. The summed E-state index contributed by atoms with van der Waals surface area (Å²) in [6, 6.07) is 13.4. The number of aromatic nitrogens is 2. The van der Waals surface area contributed by atoms with E-state index in [1.54, 1.807) is 43.5 Å². The molecule has 7 nitrogen and oxygen atoms in total. The number of hydrogen-bond acceptors (Lipinski definition) is 6. The summed E-state index contributed by atoms with van der Waals surface area (Å²) in [6.07, 6.45) is 0. The first-order valence-electron chi connectivity index (χ1n) is 8.01. The highest BCUT2D eigenvalue weighted by Gasteiger charge is 2.09. The molecule has 0 fully saturated rings. The van der Waals surface area contributed by atoms with Crippen LogP contribution >= 0.6 is 11.6 Å². The molecular formula is C19H17ClN4O3. The van der Waals surface area contributed by atoms with Gasteiger partial charge in [-0.2, -0.15) is 4.98 Å². The van der Waals surface area contributed by atoms with E-state index in [9.17, 15) is 4.79 Å². The molecule has 0 spiro atoms. The van der Waals surface area contributed by atoms with Crippen molar-refractivity contribution >= 4 is 40.7 Å². The highest BCUT2D eigenvalue weighted by molar-refractivity contribution is 6.31. The van der Waals surface area contributed by atoms with Crippen LogP contribution in [0.3, 0.4) is 0 Å². The molecule has 8 heteroatoms. The second-order valence-corrected chi connectivity index (χ2v) is 6.14. The van der Waals surface area contributed by atoms with Crippen LogP contribution in [0.1, 0.15) is 16.1 Å². The Morgan fingerprint density at radius 3 is 2.67 bits per heavy atom. The van der Waals surface area contributed by atoms with E-state index in [0.717, 1.165) is 5.69 Å². The second-order valence-electron chi connectivity index (χ2n) is 5.70. The van der Waals surface area contributed by atoms with E-state index in [0.29, 0.717) is 33.9 Å². The Bertz CT molecular complexity index is 994. The largest absolute Gasteiger partial charge is 0.495 e. The maximum atomic E-state index is 11.1. The molecule has 0 amide bonds. The van der Waals surface area contributed by atoms with E-state index in [1.807, 2.05) is 6.92 Å². The Labute approximate surface area is 161 Å². The standard InChI is InChI=1S/C19H17ClN4O3/c1-11-8-17(22-14-5-3-4-12(9-14)18(25)26)24-19(21-11)23-15-10-13(20)6-7-16(15)27-2/h3-10H,1-2H3,(H,25,26)(H2,21,22,23,24). The van der Waals surface area contributed by atoms with Crippen molar-refractivity contribution in [3.05, 3.63) is 64.8 Å². The van der Waals surface area contributed by atoms with E-state index >= 15 is 0 Å². The van der Waals surface area contributed by atoms with Gasteiger partial charge in [-0.3, -0.25) is 0 Å². The minimum Gasteiger partial charge on any atom is -0.495 e. The van der Waals surface area contributed by atoms with Gasteiger partial charge in [-0.25, -0.2) is 9.78 Å². The van der Waals surface area contributed by atoms with Crippen LogP contribution in [-0.2, 0) is 0 Å². The van der Waals surface area contributed by atoms with Crippen molar-refractivity contribution in [3.8, 4) is 5.75 Å². The number of rotatable bonds is 6. The fourth-order valence-corrected chi connectivity index (χ4v) is 2.64. The van der Waals surface area contributed by atoms with Gasteiger partial charge in [-0.05, 0) is 43.3 Å². The van der Waals surface area contributed by atoms with Crippen LogP contribution in [0.5, 0.6) is 5.75 Å². The number of anilines is 4. The van der Waals surface area contributed by atoms with Gasteiger partial charge in [0.15, 0.2) is 0 Å². The number of methoxy groups -OCH3 is 1. The van der Waals surface area contributed by atoms with E-state index < -0.39 is 5.97 Å². The molecule has 3 aromatic rings. The molecule has 0 aliphatic carbocycles. The number of benzene rings is 2. The van der Waals surface area contributed by atoms with E-state index in [4.69, 9.17) is 21.4 Å². The summed E-state index contributed by atoms with van der Waals surface area (Å²) in [5.41, 5.74) is 2.16. The van der Waals surface area contributed by atoms with Crippen molar-refractivity contribution in [2.75, 3.05) is 17.7 Å². The molecule has 0 saturated carbocycles. The Kier molecular flexibility index (Phi) is 5.42. The van der Waals surface area contributed by atoms with Gasteiger partial charge in [0.25, 0.3) is 0 Å². The van der Waals surface area contributed by atoms with E-state index in [2.05, 4.69) is 20.6 Å². The first-order valence-corrected chi connectivity index (χ1v) is 8.39. The molecule has 138 valence electrons. The Hall–Kier alpha value is -3.32. The van der Waals surface area contributed by atoms with Gasteiger partial charge in [-0.15, -0.1) is 0 Å². The number of carbonyl (C=O) groups is 1. The number of halogens is 1. The van der Waals surface area contributed by atoms with Gasteiger partial charge in [0.2, 0.25) is 5.95 Å². The molecule has 0 unspecified atom stereocenters. The summed E-state index contributed by atoms with van der Waals surface area (Å²) in [5.74, 6) is 0.488. The lowest BCUT2D eigenvalue weighted by Crippen LogP contribution is -2.04. The van der Waals surface area contributed by atoms with Crippen molar-refractivity contribution in [1.29, 1.82) is 0 Å². The maximum absolute atomic E-state index is 11.1. The number of aromatic carboxylic acids is 1. The topological polar surface area (TPSA) is 96.4 Å². The quantitative estimate of drug-likeness (QED) is 0.570. The predicted octanol–water partition coefficient (Wildman–Crippen LogP) is 4.63. The summed E-state index contributed by atoms with van der Waals surface area (Å²) in [5, 5.41) is 15.9. The number of aryl methyl sites for hydroxylation is 1. The van der Waals surface area contributed by atoms with E-state index in [-0.39, 0.29) is 5.56 Å². The molecule has 0 atom stereocenters. The van der Waals surface area contributed by atoms with Gasteiger partial charge in [-0.1, -0.05) is 17.7 Å². The Morgan fingerprint density at radius 2 is 1.93 bits per heavy atom. The zero-order chi connectivity index (χ0) is 19.4. The summed E-state index contributed by atoms with van der Waals surface area (Å²) < 4.78 is 5.32. The molecule has 1 aromatic heterocycles. The van der Waals surface area contributed by atoms with Crippen LogP contribution < -0.4 is 15.4 Å². The number of carboxylic acid groups (broad SMARTS) is 1. The van der Waals surface area contributed by atoms with Gasteiger partial charge >= 0.3 is 5.97 Å². The SMILES string of the molecule is COc1ccc(Cl)cc1Nc1nc(C)cc(Nc2cccc(C(=O)O)c2)n1. The molecule has 0 aliphatic rings. The third-order valence-electron chi connectivity index (χ3n) is 3.64. The summed E-state index contributed by atoms with van der Waals surface area (Å²) >= 11 is 6.05. The van der Waals surface area contributed by atoms with Crippen molar-refractivity contribution in [2.45, 2.75) is 6.92 Å². The summed E-state index contributed by atoms with van der Waals surface area (Å²) in [7, 11) is 1.56. The molecule has 3 rings (SSSR count). The third-order valence-corrected chi connectivity index (χ3v) is 3.88. The number of ether oxygens (including phenoxy) is 1. The van der Waals surface area contributed by atoms with Crippen LogP contribution in [-0.4, -0.2) is 28.2 Å². The van der Waals surface area contributed by atoms with Crippen molar-refractivity contribution in [1.82, 2.24) is 9.97 Å². The maximum Gasteiger partial charge on any atom is 0.335 e. The van der Waals surface area contributed by atoms with Crippen LogP contribution in [0, 0.1) is 6.92 Å².